The molecule has 0 aliphatic rings. The molecule has 3 N–H and O–H groups in total. The van der Waals surface area contributed by atoms with E-state index in [1.165, 1.54) is 6.33 Å². The summed E-state index contributed by atoms with van der Waals surface area (Å²) < 4.78 is 0. The van der Waals surface area contributed by atoms with Gasteiger partial charge in [0.2, 0.25) is 5.69 Å². The number of aromatic amines is 2. The first-order valence-electron chi connectivity index (χ1n) is 5.92. The van der Waals surface area contributed by atoms with Gasteiger partial charge < -0.3 is 5.32 Å². The van der Waals surface area contributed by atoms with Crippen molar-refractivity contribution in [3.63, 3.8) is 0 Å². The summed E-state index contributed by atoms with van der Waals surface area (Å²) in [7, 11) is 0. The van der Waals surface area contributed by atoms with E-state index in [9.17, 15) is 14.9 Å². The number of hydrogen-bond donors (Lipinski definition) is 3. The number of H-pyrrole nitrogens is 2. The third-order valence-corrected chi connectivity index (χ3v) is 2.76. The lowest BCUT2D eigenvalue weighted by Crippen LogP contribution is -2.28. The number of nitrogens with one attached hydrogen (secondary N) is 3. The monoisotopic (exact) mass is 279 g/mol. The summed E-state index contributed by atoms with van der Waals surface area (Å²) >= 11 is 0. The number of rotatable bonds is 5. The van der Waals surface area contributed by atoms with Crippen molar-refractivity contribution >= 4 is 11.6 Å². The molecule has 0 fully saturated rings. The van der Waals surface area contributed by atoms with E-state index in [0.717, 1.165) is 0 Å². The molecule has 0 spiro atoms. The van der Waals surface area contributed by atoms with Gasteiger partial charge >= 0.3 is 5.69 Å². The minimum Gasteiger partial charge on any atom is -0.341 e. The van der Waals surface area contributed by atoms with Gasteiger partial charge in [-0.15, -0.1) is 0 Å². The zero-order valence-electron chi connectivity index (χ0n) is 10.9. The molecule has 1 atom stereocenters. The van der Waals surface area contributed by atoms with Gasteiger partial charge in [0, 0.05) is 0 Å². The second-order valence-corrected chi connectivity index (χ2v) is 4.08. The van der Waals surface area contributed by atoms with Gasteiger partial charge in [-0.05, 0) is 13.3 Å². The van der Waals surface area contributed by atoms with Crippen molar-refractivity contribution < 1.29 is 9.72 Å². The summed E-state index contributed by atoms with van der Waals surface area (Å²) in [5, 5.41) is 26.1. The number of carbonyl (C=O) groups is 1. The van der Waals surface area contributed by atoms with Crippen LogP contribution in [0.5, 0.6) is 0 Å². The lowest BCUT2D eigenvalue weighted by molar-refractivity contribution is -0.385. The molecule has 2 heterocycles. The average molecular weight is 279 g/mol. The summed E-state index contributed by atoms with van der Waals surface area (Å²) in [5.41, 5.74) is -0.222. The fourth-order valence-electron chi connectivity index (χ4n) is 1.73. The van der Waals surface area contributed by atoms with Gasteiger partial charge in [-0.2, -0.15) is 10.2 Å². The first-order valence-corrected chi connectivity index (χ1v) is 5.92. The second-order valence-electron chi connectivity index (χ2n) is 4.08. The van der Waals surface area contributed by atoms with Crippen LogP contribution < -0.4 is 5.32 Å². The number of amides is 1. The van der Waals surface area contributed by atoms with Crippen molar-refractivity contribution in [2.24, 2.45) is 0 Å². The summed E-state index contributed by atoms with van der Waals surface area (Å²) in [4.78, 5) is 26.3. The van der Waals surface area contributed by atoms with E-state index >= 15 is 0 Å². The largest absolute Gasteiger partial charge is 0.341 e. The van der Waals surface area contributed by atoms with Crippen molar-refractivity contribution in [2.45, 2.75) is 26.3 Å². The number of carbonyl (C=O) groups excluding carboxylic acids is 1. The minimum absolute atomic E-state index is 0.238. The zero-order chi connectivity index (χ0) is 14.7. The highest BCUT2D eigenvalue weighted by atomic mass is 16.6. The van der Waals surface area contributed by atoms with Crippen LogP contribution in [0.1, 0.15) is 41.9 Å². The smallest absolute Gasteiger partial charge is 0.322 e. The molecule has 0 aliphatic carbocycles. The molecule has 0 saturated carbocycles. The van der Waals surface area contributed by atoms with Crippen molar-refractivity contribution in [1.29, 1.82) is 0 Å². The maximum Gasteiger partial charge on any atom is 0.322 e. The lowest BCUT2D eigenvalue weighted by atomic mass is 10.2. The molecule has 0 aliphatic heterocycles. The third-order valence-electron chi connectivity index (χ3n) is 2.76. The Bertz CT molecular complexity index is 619. The molecule has 2 aromatic heterocycles. The molecule has 10 nitrogen and oxygen atoms in total. The van der Waals surface area contributed by atoms with Crippen molar-refractivity contribution in [3.05, 3.63) is 33.7 Å². The summed E-state index contributed by atoms with van der Waals surface area (Å²) in [5.74, 6) is -0.191. The average Bonchev–Trinajstić information content (AvgIpc) is 3.07. The van der Waals surface area contributed by atoms with Gasteiger partial charge in [-0.1, -0.05) is 6.92 Å². The number of nitro groups is 1. The van der Waals surface area contributed by atoms with Gasteiger partial charge in [0.05, 0.1) is 11.0 Å². The summed E-state index contributed by atoms with van der Waals surface area (Å²) in [6, 6.07) is -0.466. The SMILES string of the molecule is CCc1[nH]nc(C(=O)NC(C)c2ncn[nH]2)c1[N+](=O)[O-]. The Morgan fingerprint density at radius 2 is 2.30 bits per heavy atom. The highest BCUT2D eigenvalue weighted by Crippen LogP contribution is 2.22. The van der Waals surface area contributed by atoms with Crippen LogP contribution in [0.25, 0.3) is 0 Å². The van der Waals surface area contributed by atoms with Crippen molar-refractivity contribution in [3.8, 4) is 0 Å². The predicted octanol–water partition coefficient (Wildman–Crippen LogP) is 0.489. The van der Waals surface area contributed by atoms with Crippen LogP contribution in [0.2, 0.25) is 0 Å². The maximum absolute atomic E-state index is 12.0. The highest BCUT2D eigenvalue weighted by Gasteiger charge is 2.29. The number of aromatic nitrogens is 5. The molecule has 106 valence electrons. The van der Waals surface area contributed by atoms with Gasteiger partial charge in [0.25, 0.3) is 5.91 Å². The van der Waals surface area contributed by atoms with Crippen LogP contribution >= 0.6 is 0 Å². The first kappa shape index (κ1) is 13.6. The standard InChI is InChI=1S/C10H13N7O3/c1-3-6-8(17(19)20)7(15-14-6)10(18)13-5(2)9-11-4-12-16-9/h4-5H,3H2,1-2H3,(H,13,18)(H,14,15)(H,11,12,16). The quantitative estimate of drug-likeness (QED) is 0.537. The Morgan fingerprint density at radius 3 is 2.85 bits per heavy atom. The fourth-order valence-corrected chi connectivity index (χ4v) is 1.73. The number of nitrogens with zero attached hydrogens (tertiary/aromatic N) is 4. The molecule has 0 radical (unpaired) electrons. The molecular weight excluding hydrogens is 266 g/mol. The highest BCUT2D eigenvalue weighted by molar-refractivity contribution is 5.96. The maximum atomic E-state index is 12.0. The van der Waals surface area contributed by atoms with Gasteiger partial charge in [-0.3, -0.25) is 25.1 Å². The van der Waals surface area contributed by atoms with Crippen LogP contribution in [-0.4, -0.2) is 36.2 Å². The van der Waals surface area contributed by atoms with E-state index in [0.29, 0.717) is 17.9 Å². The molecule has 0 aromatic carbocycles. The number of aryl methyl sites for hydroxylation is 1. The van der Waals surface area contributed by atoms with Gasteiger partial charge in [0.1, 0.15) is 17.8 Å². The van der Waals surface area contributed by atoms with Crippen molar-refractivity contribution in [2.75, 3.05) is 0 Å². The van der Waals surface area contributed by atoms with Crippen LogP contribution in [0.15, 0.2) is 6.33 Å². The Morgan fingerprint density at radius 1 is 1.55 bits per heavy atom. The topological polar surface area (TPSA) is 142 Å². The van der Waals surface area contributed by atoms with Crippen LogP contribution in [0.3, 0.4) is 0 Å². The molecule has 1 amide bonds. The van der Waals surface area contributed by atoms with E-state index in [4.69, 9.17) is 0 Å². The molecule has 10 heteroatoms. The van der Waals surface area contributed by atoms with Crippen LogP contribution in [0, 0.1) is 10.1 Å². The Kier molecular flexibility index (Phi) is 3.73. The molecule has 2 rings (SSSR count). The summed E-state index contributed by atoms with van der Waals surface area (Å²) in [6.45, 7) is 3.41. The lowest BCUT2D eigenvalue weighted by Gasteiger charge is -2.09. The Hall–Kier alpha value is -2.78. The van der Waals surface area contributed by atoms with E-state index in [1.54, 1.807) is 13.8 Å². The number of hydrogen-bond acceptors (Lipinski definition) is 6. The van der Waals surface area contributed by atoms with E-state index < -0.39 is 16.9 Å². The molecule has 20 heavy (non-hydrogen) atoms. The van der Waals surface area contributed by atoms with E-state index in [-0.39, 0.29) is 11.4 Å². The fraction of sp³-hybridized carbons (Fsp3) is 0.400. The van der Waals surface area contributed by atoms with Gasteiger partial charge in [-0.25, -0.2) is 4.98 Å². The predicted molar refractivity (Wildman–Crippen MR) is 66.9 cm³/mol. The van der Waals surface area contributed by atoms with Crippen LogP contribution in [-0.2, 0) is 6.42 Å². The molecule has 1 unspecified atom stereocenters. The summed E-state index contributed by atoms with van der Waals surface area (Å²) in [6.07, 6.45) is 1.69. The Balaban J connectivity index is 2.21. The second kappa shape index (κ2) is 5.47. The zero-order valence-corrected chi connectivity index (χ0v) is 10.9. The molecular formula is C10H13N7O3. The molecule has 0 bridgehead atoms. The molecule has 0 saturated heterocycles. The molecule has 2 aromatic rings. The normalized spacial score (nSPS) is 12.1. The van der Waals surface area contributed by atoms with Crippen LogP contribution in [0.4, 0.5) is 5.69 Å². The van der Waals surface area contributed by atoms with E-state index in [2.05, 4.69) is 30.7 Å². The Labute approximate surface area is 113 Å². The van der Waals surface area contributed by atoms with E-state index in [1.807, 2.05) is 0 Å². The minimum atomic E-state index is -0.642. The van der Waals surface area contributed by atoms with Crippen molar-refractivity contribution in [1.82, 2.24) is 30.7 Å². The first-order chi connectivity index (χ1) is 9.54. The third kappa shape index (κ3) is 2.48. The van der Waals surface area contributed by atoms with Gasteiger partial charge in [0.15, 0.2) is 0 Å².